The zero-order valence-electron chi connectivity index (χ0n) is 26.2. The Morgan fingerprint density at radius 3 is 2.35 bits per heavy atom. The van der Waals surface area contributed by atoms with Crippen molar-refractivity contribution in [2.45, 2.75) is 50.5 Å². The third-order valence-corrected chi connectivity index (χ3v) is 9.41. The molecule has 3 N–H and O–H groups in total. The molecule has 3 amide bonds. The van der Waals surface area contributed by atoms with Crippen molar-refractivity contribution in [1.82, 2.24) is 10.2 Å². The molecule has 4 rings (SSSR count). The van der Waals surface area contributed by atoms with Gasteiger partial charge in [0.2, 0.25) is 5.91 Å². The highest BCUT2D eigenvalue weighted by Gasteiger charge is 2.25. The Hall–Kier alpha value is -4.45. The number of nitrogens with zero attached hydrogens (tertiary/aromatic N) is 3. The van der Waals surface area contributed by atoms with Gasteiger partial charge in [-0.05, 0) is 38.0 Å². The van der Waals surface area contributed by atoms with E-state index in [0.29, 0.717) is 31.3 Å². The molecule has 1 aliphatic rings. The van der Waals surface area contributed by atoms with E-state index in [2.05, 4.69) is 10.2 Å². The molecule has 2 aromatic heterocycles. The lowest BCUT2D eigenvalue weighted by Gasteiger charge is -2.23. The van der Waals surface area contributed by atoms with Crippen LogP contribution in [0.1, 0.15) is 39.0 Å². The van der Waals surface area contributed by atoms with Gasteiger partial charge in [0.15, 0.2) is 17.3 Å². The molecule has 0 saturated heterocycles. The summed E-state index contributed by atoms with van der Waals surface area (Å²) in [4.78, 5) is 50.9. The van der Waals surface area contributed by atoms with E-state index in [4.69, 9.17) is 8.97 Å². The number of pyridine rings is 1. The highest BCUT2D eigenvalue weighted by molar-refractivity contribution is 7.86. The monoisotopic (exact) mass is 705 g/mol. The van der Waals surface area contributed by atoms with Gasteiger partial charge in [0.25, 0.3) is 21.9 Å². The number of aryl methyl sites for hydroxylation is 1. The molecular formula is C31H37N4O11S2+. The van der Waals surface area contributed by atoms with E-state index in [0.717, 1.165) is 29.6 Å². The van der Waals surface area contributed by atoms with Crippen LogP contribution in [0.3, 0.4) is 0 Å². The second-order valence-corrected chi connectivity index (χ2v) is 14.1. The average molecular weight is 706 g/mol. The lowest BCUT2D eigenvalue weighted by Crippen LogP contribution is -2.38. The van der Waals surface area contributed by atoms with E-state index in [1.807, 2.05) is 13.0 Å². The molecular weight excluding hydrogens is 668 g/mol. The molecule has 15 nitrogen and oxygen atoms in total. The molecule has 0 saturated carbocycles. The van der Waals surface area contributed by atoms with Crippen molar-refractivity contribution < 1.29 is 49.3 Å². The molecule has 1 aliphatic heterocycles. The van der Waals surface area contributed by atoms with Crippen molar-refractivity contribution in [1.29, 1.82) is 0 Å². The van der Waals surface area contributed by atoms with Crippen molar-refractivity contribution in [3.63, 3.8) is 0 Å². The van der Waals surface area contributed by atoms with Crippen LogP contribution >= 0.6 is 0 Å². The predicted molar refractivity (Wildman–Crippen MR) is 174 cm³/mol. The quantitative estimate of drug-likeness (QED) is 0.0602. The maximum absolute atomic E-state index is 13.1. The summed E-state index contributed by atoms with van der Waals surface area (Å²) in [6.07, 6.45) is 7.39. The number of hydrogen-bond donors (Lipinski definition) is 3. The van der Waals surface area contributed by atoms with Crippen molar-refractivity contribution >= 4 is 54.6 Å². The van der Waals surface area contributed by atoms with Gasteiger partial charge in [0, 0.05) is 79.9 Å². The molecule has 0 radical (unpaired) electrons. The van der Waals surface area contributed by atoms with Crippen molar-refractivity contribution in [2.24, 2.45) is 0 Å². The molecule has 3 aromatic rings. The number of amides is 3. The lowest BCUT2D eigenvalue weighted by atomic mass is 10.1. The van der Waals surface area contributed by atoms with Crippen molar-refractivity contribution in [3.05, 3.63) is 65.3 Å². The summed E-state index contributed by atoms with van der Waals surface area (Å²) in [5.74, 6) is -1.48. The Morgan fingerprint density at radius 2 is 1.69 bits per heavy atom. The van der Waals surface area contributed by atoms with Gasteiger partial charge >= 0.3 is 15.7 Å². The third kappa shape index (κ3) is 9.79. The number of carbonyl (C=O) groups is 3. The molecule has 0 spiro atoms. The highest BCUT2D eigenvalue weighted by Crippen LogP contribution is 2.28. The lowest BCUT2D eigenvalue weighted by molar-refractivity contribution is -0.698. The first-order valence-electron chi connectivity index (χ1n) is 15.3. The number of unbranched alkanes of at least 4 members (excludes halogenated alkanes) is 2. The van der Waals surface area contributed by atoms with Gasteiger partial charge in [-0.25, -0.2) is 9.36 Å². The van der Waals surface area contributed by atoms with E-state index in [1.165, 1.54) is 35.0 Å². The molecule has 0 fully saturated rings. The zero-order valence-corrected chi connectivity index (χ0v) is 27.8. The third-order valence-electron chi connectivity index (χ3n) is 7.72. The average Bonchev–Trinajstić information content (AvgIpc) is 3.33. The summed E-state index contributed by atoms with van der Waals surface area (Å²) in [6.45, 7) is 3.64. The van der Waals surface area contributed by atoms with Crippen LogP contribution in [-0.2, 0) is 41.2 Å². The van der Waals surface area contributed by atoms with Crippen LogP contribution in [0, 0.1) is 0 Å². The van der Waals surface area contributed by atoms with Gasteiger partial charge in [-0.1, -0.05) is 6.42 Å². The first-order valence-corrected chi connectivity index (χ1v) is 18.3. The number of fused-ring (bicyclic) bond motifs is 1. The number of rotatable bonds is 17. The van der Waals surface area contributed by atoms with E-state index < -0.39 is 36.5 Å². The standard InChI is InChI=1S/C31H36N4O11S2/c1-2-34(15-5-3-4-7-28(36)32-13-17-35-29(37)10-11-30(35)38)23-9-8-22-19-25(31(39)46-26(22)20-23)24-12-16-33(14-6-18-47(40,41)42)21-27(24)48(43,44)45/h8-12,16,19-21H,2-7,13-15,17-18H2,1H3,(H2-,32,36,40,41,42,43,44,45)/p+1. The Labute approximate surface area is 277 Å². The second kappa shape index (κ2) is 15.6. The number of benzene rings is 1. The molecule has 258 valence electrons. The number of carbonyl (C=O) groups excluding carboxylic acids is 3. The topological polar surface area (TPSA) is 213 Å². The maximum Gasteiger partial charge on any atom is 0.344 e. The van der Waals surface area contributed by atoms with Gasteiger partial charge in [-0.3, -0.25) is 28.4 Å². The first kappa shape index (κ1) is 36.4. The Morgan fingerprint density at radius 1 is 0.958 bits per heavy atom. The fraction of sp³-hybridized carbons (Fsp3) is 0.387. The van der Waals surface area contributed by atoms with E-state index in [1.54, 1.807) is 12.1 Å². The minimum absolute atomic E-state index is 0.0201. The fourth-order valence-electron chi connectivity index (χ4n) is 5.28. The number of nitrogens with one attached hydrogen (secondary N) is 1. The Kier molecular flexibility index (Phi) is 11.9. The van der Waals surface area contributed by atoms with Crippen molar-refractivity contribution in [3.8, 4) is 11.1 Å². The first-order chi connectivity index (χ1) is 22.7. The van der Waals surface area contributed by atoms with Gasteiger partial charge in [-0.15, -0.1) is 0 Å². The van der Waals surface area contributed by atoms with Gasteiger partial charge in [0.1, 0.15) is 12.1 Å². The minimum Gasteiger partial charge on any atom is -0.422 e. The molecule has 17 heteroatoms. The summed E-state index contributed by atoms with van der Waals surface area (Å²) in [7, 11) is -9.01. The minimum atomic E-state index is -4.80. The summed E-state index contributed by atoms with van der Waals surface area (Å²) >= 11 is 0. The number of anilines is 1. The number of aromatic nitrogens is 1. The van der Waals surface area contributed by atoms with Crippen LogP contribution in [0.15, 0.2) is 69.0 Å². The molecule has 48 heavy (non-hydrogen) atoms. The van der Waals surface area contributed by atoms with Crippen LogP contribution < -0.4 is 20.4 Å². The van der Waals surface area contributed by atoms with Crippen LogP contribution in [0.4, 0.5) is 5.69 Å². The molecule has 1 aromatic carbocycles. The van der Waals surface area contributed by atoms with Gasteiger partial charge < -0.3 is 14.6 Å². The van der Waals surface area contributed by atoms with Crippen LogP contribution in [0.5, 0.6) is 0 Å². The fourth-order valence-corrected chi connectivity index (χ4v) is 6.50. The number of hydrogen-bond acceptors (Lipinski definition) is 10. The predicted octanol–water partition coefficient (Wildman–Crippen LogP) is 1.70. The van der Waals surface area contributed by atoms with E-state index in [9.17, 15) is 40.6 Å². The zero-order chi connectivity index (χ0) is 35.1. The Bertz CT molecular complexity index is 1990. The number of imide groups is 1. The van der Waals surface area contributed by atoms with Crippen LogP contribution in [-0.4, -0.2) is 80.5 Å². The van der Waals surface area contributed by atoms with Gasteiger partial charge in [-0.2, -0.15) is 16.8 Å². The SMILES string of the molecule is CCN(CCCCCC(=O)NCCN1C(=O)C=CC1=O)c1ccc2cc(-c3cc[n+](CCCS(=O)(=O)O)cc3S(=O)(=O)O)c(=O)oc2c1. The second-order valence-electron chi connectivity index (χ2n) is 11.1. The molecule has 0 unspecified atom stereocenters. The maximum atomic E-state index is 13.1. The van der Waals surface area contributed by atoms with Gasteiger partial charge in [0.05, 0.1) is 11.3 Å². The summed E-state index contributed by atoms with van der Waals surface area (Å²) in [5.41, 5.74) is 0.0448. The smallest absolute Gasteiger partial charge is 0.344 e. The molecule has 0 atom stereocenters. The summed E-state index contributed by atoms with van der Waals surface area (Å²) < 4.78 is 72.2. The molecule has 0 aliphatic carbocycles. The normalized spacial score (nSPS) is 13.4. The van der Waals surface area contributed by atoms with Crippen LogP contribution in [0.25, 0.3) is 22.1 Å². The van der Waals surface area contributed by atoms with Crippen LogP contribution in [0.2, 0.25) is 0 Å². The molecule has 3 heterocycles. The van der Waals surface area contributed by atoms with E-state index >= 15 is 0 Å². The highest BCUT2D eigenvalue weighted by atomic mass is 32.2. The summed E-state index contributed by atoms with van der Waals surface area (Å²) in [6, 6.07) is 8.06. The Balaban J connectivity index is 1.36. The van der Waals surface area contributed by atoms with Crippen molar-refractivity contribution in [2.75, 3.05) is 36.8 Å². The largest absolute Gasteiger partial charge is 0.422 e. The van der Waals surface area contributed by atoms with E-state index in [-0.39, 0.29) is 60.5 Å². The summed E-state index contributed by atoms with van der Waals surface area (Å²) in [5, 5.41) is 3.23. The molecule has 0 bridgehead atoms.